The van der Waals surface area contributed by atoms with Gasteiger partial charge < -0.3 is 14.8 Å². The van der Waals surface area contributed by atoms with Gasteiger partial charge in [-0.15, -0.1) is 0 Å². The van der Waals surface area contributed by atoms with E-state index in [4.69, 9.17) is 9.47 Å². The van der Waals surface area contributed by atoms with Gasteiger partial charge in [0.25, 0.3) is 5.91 Å². The third-order valence-corrected chi connectivity index (χ3v) is 4.22. The van der Waals surface area contributed by atoms with Crippen molar-refractivity contribution in [2.75, 3.05) is 19.0 Å². The van der Waals surface area contributed by atoms with Gasteiger partial charge in [-0.1, -0.05) is 31.7 Å². The molecule has 1 saturated carbocycles. The fourth-order valence-corrected chi connectivity index (χ4v) is 2.95. The third kappa shape index (κ3) is 5.58. The van der Waals surface area contributed by atoms with Crippen molar-refractivity contribution in [3.63, 3.8) is 0 Å². The third-order valence-electron chi connectivity index (χ3n) is 4.22. The van der Waals surface area contributed by atoms with Crippen LogP contribution in [0.1, 0.15) is 44.1 Å². The van der Waals surface area contributed by atoms with E-state index in [1.165, 1.54) is 25.7 Å². The lowest BCUT2D eigenvalue weighted by Crippen LogP contribution is -2.21. The quantitative estimate of drug-likeness (QED) is 0.782. The highest BCUT2D eigenvalue weighted by Gasteiger charge is 2.17. The van der Waals surface area contributed by atoms with E-state index in [9.17, 15) is 9.59 Å². The minimum atomic E-state index is -0.358. The minimum absolute atomic E-state index is 0.263. The van der Waals surface area contributed by atoms with Crippen LogP contribution in [0.5, 0.6) is 5.75 Å². The number of carbonyl (C=O) groups is 2. The topological polar surface area (TPSA) is 64.6 Å². The van der Waals surface area contributed by atoms with Crippen molar-refractivity contribution in [2.45, 2.75) is 45.4 Å². The number of nitrogens with one attached hydrogen (secondary N) is 1. The largest absolute Gasteiger partial charge is 0.495 e. The summed E-state index contributed by atoms with van der Waals surface area (Å²) in [4.78, 5) is 23.6. The van der Waals surface area contributed by atoms with Gasteiger partial charge in [0.05, 0.1) is 12.8 Å². The molecule has 5 heteroatoms. The van der Waals surface area contributed by atoms with E-state index in [2.05, 4.69) is 5.32 Å². The van der Waals surface area contributed by atoms with Crippen LogP contribution in [-0.2, 0) is 14.3 Å². The summed E-state index contributed by atoms with van der Waals surface area (Å²) in [5.41, 5.74) is 1.59. The normalized spacial score (nSPS) is 14.5. The predicted octanol–water partition coefficient (Wildman–Crippen LogP) is 3.46. The summed E-state index contributed by atoms with van der Waals surface area (Å²) in [5, 5.41) is 2.71. The van der Waals surface area contributed by atoms with E-state index in [0.717, 1.165) is 12.0 Å². The summed E-state index contributed by atoms with van der Waals surface area (Å²) in [6.07, 6.45) is 6.21. The molecule has 0 saturated heterocycles. The molecule has 1 aromatic rings. The molecule has 0 spiro atoms. The monoisotopic (exact) mass is 319 g/mol. The highest BCUT2D eigenvalue weighted by molar-refractivity contribution is 5.94. The highest BCUT2D eigenvalue weighted by Crippen LogP contribution is 2.28. The predicted molar refractivity (Wildman–Crippen MR) is 88.5 cm³/mol. The van der Waals surface area contributed by atoms with Crippen molar-refractivity contribution < 1.29 is 19.1 Å². The van der Waals surface area contributed by atoms with Gasteiger partial charge in [-0.2, -0.15) is 0 Å². The Morgan fingerprint density at radius 1 is 1.26 bits per heavy atom. The first-order valence-electron chi connectivity index (χ1n) is 8.18. The molecule has 0 bridgehead atoms. The molecule has 1 aromatic carbocycles. The lowest BCUT2D eigenvalue weighted by Gasteiger charge is -2.12. The molecule has 23 heavy (non-hydrogen) atoms. The van der Waals surface area contributed by atoms with Crippen LogP contribution in [0.3, 0.4) is 0 Å². The second-order valence-electron chi connectivity index (χ2n) is 6.10. The number of ether oxygens (including phenoxy) is 2. The first kappa shape index (κ1) is 17.3. The van der Waals surface area contributed by atoms with Crippen LogP contribution in [0, 0.1) is 12.8 Å². The van der Waals surface area contributed by atoms with Gasteiger partial charge in [-0.25, -0.2) is 0 Å². The molecule has 2 rings (SSSR count). The number of rotatable bonds is 7. The van der Waals surface area contributed by atoms with Crippen molar-refractivity contribution in [3.8, 4) is 5.75 Å². The molecular weight excluding hydrogens is 294 g/mol. The van der Waals surface area contributed by atoms with E-state index in [1.54, 1.807) is 13.2 Å². The number of hydrogen-bond donors (Lipinski definition) is 1. The van der Waals surface area contributed by atoms with Crippen LogP contribution >= 0.6 is 0 Å². The Morgan fingerprint density at radius 2 is 2.00 bits per heavy atom. The average molecular weight is 319 g/mol. The highest BCUT2D eigenvalue weighted by atomic mass is 16.5. The van der Waals surface area contributed by atoms with Crippen LogP contribution in [0.4, 0.5) is 5.69 Å². The van der Waals surface area contributed by atoms with E-state index in [-0.39, 0.29) is 18.5 Å². The summed E-state index contributed by atoms with van der Waals surface area (Å²) in [5.74, 6) is 0.566. The Labute approximate surface area is 137 Å². The Bertz CT molecular complexity index is 550. The average Bonchev–Trinajstić information content (AvgIpc) is 3.04. The first-order chi connectivity index (χ1) is 11.1. The second kappa shape index (κ2) is 8.56. The molecule has 1 aliphatic carbocycles. The van der Waals surface area contributed by atoms with E-state index in [1.807, 2.05) is 19.1 Å². The number of hydrogen-bond acceptors (Lipinski definition) is 4. The lowest BCUT2D eigenvalue weighted by atomic mass is 10.0. The summed E-state index contributed by atoms with van der Waals surface area (Å²) in [6, 6.07) is 5.51. The molecule has 0 aromatic heterocycles. The zero-order valence-electron chi connectivity index (χ0n) is 13.9. The Balaban J connectivity index is 1.74. The maximum atomic E-state index is 11.9. The minimum Gasteiger partial charge on any atom is -0.495 e. The summed E-state index contributed by atoms with van der Waals surface area (Å²) >= 11 is 0. The maximum Gasteiger partial charge on any atom is 0.306 e. The Morgan fingerprint density at radius 3 is 2.70 bits per heavy atom. The number of esters is 1. The van der Waals surface area contributed by atoms with Crippen LogP contribution in [-0.4, -0.2) is 25.6 Å². The van der Waals surface area contributed by atoms with Gasteiger partial charge in [0.15, 0.2) is 6.61 Å². The van der Waals surface area contributed by atoms with Gasteiger partial charge in [-0.05, 0) is 37.0 Å². The molecule has 0 unspecified atom stereocenters. The standard InChI is InChI=1S/C18H25NO4/c1-13-7-9-16(22-2)15(11-13)19-17(20)12-23-18(21)10-8-14-5-3-4-6-14/h7,9,11,14H,3-6,8,10,12H2,1-2H3,(H,19,20). The zero-order valence-corrected chi connectivity index (χ0v) is 13.9. The van der Waals surface area contributed by atoms with Crippen LogP contribution in [0.2, 0.25) is 0 Å². The Hall–Kier alpha value is -2.04. The number of carbonyl (C=O) groups excluding carboxylic acids is 2. The number of amides is 1. The number of benzene rings is 1. The van der Waals surface area contributed by atoms with E-state index in [0.29, 0.717) is 23.8 Å². The SMILES string of the molecule is COc1ccc(C)cc1NC(=O)COC(=O)CCC1CCCC1. The molecule has 5 nitrogen and oxygen atoms in total. The number of anilines is 1. The Kier molecular flexibility index (Phi) is 6.44. The van der Waals surface area contributed by atoms with Crippen LogP contribution in [0.15, 0.2) is 18.2 Å². The molecular formula is C18H25NO4. The molecule has 0 atom stereocenters. The van der Waals surface area contributed by atoms with Gasteiger partial charge in [0, 0.05) is 6.42 Å². The zero-order chi connectivity index (χ0) is 16.7. The molecule has 1 aliphatic rings. The first-order valence-corrected chi connectivity index (χ1v) is 8.18. The van der Waals surface area contributed by atoms with Crippen molar-refractivity contribution in [1.29, 1.82) is 0 Å². The van der Waals surface area contributed by atoms with Crippen molar-refractivity contribution >= 4 is 17.6 Å². The summed E-state index contributed by atoms with van der Waals surface area (Å²) in [6.45, 7) is 1.67. The summed E-state index contributed by atoms with van der Waals surface area (Å²) < 4.78 is 10.2. The van der Waals surface area contributed by atoms with Gasteiger partial charge in [0.2, 0.25) is 0 Å². The smallest absolute Gasteiger partial charge is 0.306 e. The fraction of sp³-hybridized carbons (Fsp3) is 0.556. The van der Waals surface area contributed by atoms with Gasteiger partial charge in [-0.3, -0.25) is 9.59 Å². The van der Waals surface area contributed by atoms with Gasteiger partial charge in [0.1, 0.15) is 5.75 Å². The van der Waals surface area contributed by atoms with E-state index < -0.39 is 0 Å². The fourth-order valence-electron chi connectivity index (χ4n) is 2.95. The lowest BCUT2D eigenvalue weighted by molar-refractivity contribution is -0.147. The van der Waals surface area contributed by atoms with Crippen molar-refractivity contribution in [2.24, 2.45) is 5.92 Å². The summed E-state index contributed by atoms with van der Waals surface area (Å²) in [7, 11) is 1.55. The second-order valence-corrected chi connectivity index (χ2v) is 6.10. The maximum absolute atomic E-state index is 11.9. The van der Waals surface area contributed by atoms with Crippen molar-refractivity contribution in [3.05, 3.63) is 23.8 Å². The molecule has 126 valence electrons. The molecule has 0 radical (unpaired) electrons. The molecule has 1 amide bonds. The molecule has 1 N–H and O–H groups in total. The van der Waals surface area contributed by atoms with Gasteiger partial charge >= 0.3 is 5.97 Å². The van der Waals surface area contributed by atoms with Crippen LogP contribution in [0.25, 0.3) is 0 Å². The molecule has 1 fully saturated rings. The van der Waals surface area contributed by atoms with Crippen molar-refractivity contribution in [1.82, 2.24) is 0 Å². The van der Waals surface area contributed by atoms with E-state index >= 15 is 0 Å². The number of methoxy groups -OCH3 is 1. The molecule has 0 aliphatic heterocycles. The van der Waals surface area contributed by atoms with Crippen LogP contribution < -0.4 is 10.1 Å². The number of aryl methyl sites for hydroxylation is 1. The molecule has 0 heterocycles.